The Balaban J connectivity index is 1.73. The number of furan rings is 1. The van der Waals surface area contributed by atoms with Crippen LogP contribution in [0.3, 0.4) is 0 Å². The highest BCUT2D eigenvalue weighted by molar-refractivity contribution is 5.78. The van der Waals surface area contributed by atoms with E-state index in [1.54, 1.807) is 0 Å². The highest BCUT2D eigenvalue weighted by atomic mass is 16.3. The van der Waals surface area contributed by atoms with E-state index in [0.717, 1.165) is 37.6 Å². The van der Waals surface area contributed by atoms with Gasteiger partial charge < -0.3 is 14.6 Å². The third kappa shape index (κ3) is 3.09. The van der Waals surface area contributed by atoms with Crippen LogP contribution in [-0.2, 0) is 4.79 Å². The lowest BCUT2D eigenvalue weighted by molar-refractivity contribution is -0.127. The van der Waals surface area contributed by atoms with E-state index in [0.29, 0.717) is 6.42 Å². The predicted molar refractivity (Wildman–Crippen MR) is 65.7 cm³/mol. The topological polar surface area (TPSA) is 45.5 Å². The lowest BCUT2D eigenvalue weighted by atomic mass is 10.2. The van der Waals surface area contributed by atoms with Crippen LogP contribution in [0.1, 0.15) is 37.3 Å². The molecule has 94 valence electrons. The summed E-state index contributed by atoms with van der Waals surface area (Å²) < 4.78 is 5.55. The first kappa shape index (κ1) is 12.2. The number of aryl methyl sites for hydroxylation is 1. The van der Waals surface area contributed by atoms with Crippen molar-refractivity contribution in [3.05, 3.63) is 23.7 Å². The summed E-state index contributed by atoms with van der Waals surface area (Å²) in [7, 11) is 0. The van der Waals surface area contributed by atoms with Gasteiger partial charge in [-0.15, -0.1) is 0 Å². The standard InChI is InChI=1S/C13H20N2O2/c1-10-5-6-12(17-10)11(2)14-7-9-15-8-3-4-13(15)16/h5-6,11,14H,3-4,7-9H2,1-2H3/t11-/m1/s1. The van der Waals surface area contributed by atoms with Crippen LogP contribution in [0.25, 0.3) is 0 Å². The summed E-state index contributed by atoms with van der Waals surface area (Å²) in [5, 5.41) is 3.37. The van der Waals surface area contributed by atoms with E-state index >= 15 is 0 Å². The maximum Gasteiger partial charge on any atom is 0.222 e. The largest absolute Gasteiger partial charge is 0.465 e. The molecule has 0 unspecified atom stereocenters. The smallest absolute Gasteiger partial charge is 0.222 e. The zero-order chi connectivity index (χ0) is 12.3. The fourth-order valence-electron chi connectivity index (χ4n) is 2.14. The molecule has 4 heteroatoms. The molecule has 1 N–H and O–H groups in total. The van der Waals surface area contributed by atoms with Gasteiger partial charge >= 0.3 is 0 Å². The Kier molecular flexibility index (Phi) is 3.84. The van der Waals surface area contributed by atoms with Crippen molar-refractivity contribution in [2.45, 2.75) is 32.7 Å². The monoisotopic (exact) mass is 236 g/mol. The molecule has 4 nitrogen and oxygen atoms in total. The first-order chi connectivity index (χ1) is 8.16. The number of nitrogens with zero attached hydrogens (tertiary/aromatic N) is 1. The van der Waals surface area contributed by atoms with E-state index in [-0.39, 0.29) is 11.9 Å². The average molecular weight is 236 g/mol. The molecule has 1 aliphatic rings. The summed E-state index contributed by atoms with van der Waals surface area (Å²) in [4.78, 5) is 13.3. The maximum atomic E-state index is 11.4. The molecular formula is C13H20N2O2. The number of rotatable bonds is 5. The third-order valence-electron chi connectivity index (χ3n) is 3.19. The molecule has 0 aromatic carbocycles. The quantitative estimate of drug-likeness (QED) is 0.848. The molecule has 0 aliphatic carbocycles. The van der Waals surface area contributed by atoms with Gasteiger partial charge in [-0.2, -0.15) is 0 Å². The number of nitrogens with one attached hydrogen (secondary N) is 1. The minimum Gasteiger partial charge on any atom is -0.465 e. The van der Waals surface area contributed by atoms with Crippen LogP contribution in [0, 0.1) is 6.92 Å². The summed E-state index contributed by atoms with van der Waals surface area (Å²) in [6.45, 7) is 6.54. The number of hydrogen-bond donors (Lipinski definition) is 1. The Morgan fingerprint density at radius 1 is 1.53 bits per heavy atom. The highest BCUT2D eigenvalue weighted by Crippen LogP contribution is 2.15. The lowest BCUT2D eigenvalue weighted by Crippen LogP contribution is -2.33. The lowest BCUT2D eigenvalue weighted by Gasteiger charge is -2.17. The van der Waals surface area contributed by atoms with Crippen molar-refractivity contribution in [3.8, 4) is 0 Å². The normalized spacial score (nSPS) is 17.8. The van der Waals surface area contributed by atoms with E-state index in [1.165, 1.54) is 0 Å². The number of likely N-dealkylation sites (tertiary alicyclic amines) is 1. The van der Waals surface area contributed by atoms with Gasteiger partial charge in [0.2, 0.25) is 5.91 Å². The minimum absolute atomic E-state index is 0.196. The zero-order valence-corrected chi connectivity index (χ0v) is 10.5. The van der Waals surface area contributed by atoms with Crippen molar-refractivity contribution in [2.75, 3.05) is 19.6 Å². The summed E-state index contributed by atoms with van der Waals surface area (Å²) in [6.07, 6.45) is 1.72. The van der Waals surface area contributed by atoms with Crippen LogP contribution in [0.2, 0.25) is 0 Å². The van der Waals surface area contributed by atoms with Crippen molar-refractivity contribution >= 4 is 5.91 Å². The predicted octanol–water partition coefficient (Wildman–Crippen LogP) is 1.86. The van der Waals surface area contributed by atoms with E-state index in [2.05, 4.69) is 12.2 Å². The van der Waals surface area contributed by atoms with E-state index in [4.69, 9.17) is 4.42 Å². The van der Waals surface area contributed by atoms with Crippen molar-refractivity contribution in [3.63, 3.8) is 0 Å². The number of carbonyl (C=O) groups excluding carboxylic acids is 1. The van der Waals surface area contributed by atoms with Crippen LogP contribution in [0.5, 0.6) is 0 Å². The van der Waals surface area contributed by atoms with E-state index in [1.807, 2.05) is 24.0 Å². The molecule has 0 saturated carbocycles. The second kappa shape index (κ2) is 5.36. The van der Waals surface area contributed by atoms with Gasteiger partial charge in [-0.1, -0.05) is 0 Å². The molecule has 1 aromatic heterocycles. The molecule has 0 bridgehead atoms. The van der Waals surface area contributed by atoms with Gasteiger partial charge in [0.1, 0.15) is 11.5 Å². The fraction of sp³-hybridized carbons (Fsp3) is 0.615. The maximum absolute atomic E-state index is 11.4. The molecule has 2 rings (SSSR count). The number of carbonyl (C=O) groups is 1. The first-order valence-electron chi connectivity index (χ1n) is 6.24. The third-order valence-corrected chi connectivity index (χ3v) is 3.19. The Labute approximate surface area is 102 Å². The van der Waals surface area contributed by atoms with E-state index < -0.39 is 0 Å². The molecule has 1 aliphatic heterocycles. The second-order valence-corrected chi connectivity index (χ2v) is 4.61. The molecule has 1 fully saturated rings. The fourth-order valence-corrected chi connectivity index (χ4v) is 2.14. The Hall–Kier alpha value is -1.29. The molecular weight excluding hydrogens is 216 g/mol. The van der Waals surface area contributed by atoms with Crippen LogP contribution < -0.4 is 5.32 Å². The summed E-state index contributed by atoms with van der Waals surface area (Å²) in [6, 6.07) is 4.16. The van der Waals surface area contributed by atoms with Gasteiger partial charge in [-0.05, 0) is 32.4 Å². The molecule has 1 amide bonds. The van der Waals surface area contributed by atoms with Gasteiger partial charge in [-0.3, -0.25) is 4.79 Å². The van der Waals surface area contributed by atoms with Gasteiger partial charge in [0.25, 0.3) is 0 Å². The number of hydrogen-bond acceptors (Lipinski definition) is 3. The van der Waals surface area contributed by atoms with Gasteiger partial charge in [0, 0.05) is 26.1 Å². The van der Waals surface area contributed by atoms with Gasteiger partial charge in [-0.25, -0.2) is 0 Å². The molecule has 17 heavy (non-hydrogen) atoms. The van der Waals surface area contributed by atoms with Crippen molar-refractivity contribution in [1.82, 2.24) is 10.2 Å². The molecule has 1 aromatic rings. The summed E-state index contributed by atoms with van der Waals surface area (Å²) >= 11 is 0. The van der Waals surface area contributed by atoms with Crippen molar-refractivity contribution < 1.29 is 9.21 Å². The molecule has 0 radical (unpaired) electrons. The summed E-state index contributed by atoms with van der Waals surface area (Å²) in [5.74, 6) is 2.17. The number of amides is 1. The SMILES string of the molecule is Cc1ccc([C@@H](C)NCCN2CCCC2=O)o1. The first-order valence-corrected chi connectivity index (χ1v) is 6.24. The summed E-state index contributed by atoms with van der Waals surface area (Å²) in [5.41, 5.74) is 0. The van der Waals surface area contributed by atoms with Crippen LogP contribution in [0.4, 0.5) is 0 Å². The second-order valence-electron chi connectivity index (χ2n) is 4.61. The molecule has 0 spiro atoms. The molecule has 1 saturated heterocycles. The van der Waals surface area contributed by atoms with Crippen molar-refractivity contribution in [1.29, 1.82) is 0 Å². The van der Waals surface area contributed by atoms with E-state index in [9.17, 15) is 4.79 Å². The molecule has 1 atom stereocenters. The van der Waals surface area contributed by atoms with Crippen LogP contribution in [0.15, 0.2) is 16.5 Å². The zero-order valence-electron chi connectivity index (χ0n) is 10.5. The Morgan fingerprint density at radius 2 is 2.35 bits per heavy atom. The van der Waals surface area contributed by atoms with Gasteiger partial charge in [0.05, 0.1) is 6.04 Å². The molecule has 2 heterocycles. The average Bonchev–Trinajstić information content (AvgIpc) is 2.88. The Morgan fingerprint density at radius 3 is 2.94 bits per heavy atom. The van der Waals surface area contributed by atoms with Crippen LogP contribution >= 0.6 is 0 Å². The minimum atomic E-state index is 0.196. The highest BCUT2D eigenvalue weighted by Gasteiger charge is 2.19. The van der Waals surface area contributed by atoms with Crippen molar-refractivity contribution in [2.24, 2.45) is 0 Å². The van der Waals surface area contributed by atoms with Crippen LogP contribution in [-0.4, -0.2) is 30.4 Å². The Bertz CT molecular complexity index is 387. The van der Waals surface area contributed by atoms with Gasteiger partial charge in [0.15, 0.2) is 0 Å².